The average molecular weight is 797 g/mol. The van der Waals surface area contributed by atoms with Crippen LogP contribution in [0, 0.1) is 47.4 Å². The molecule has 3 aromatic heterocycles. The van der Waals surface area contributed by atoms with Crippen molar-refractivity contribution >= 4 is 60.4 Å². The molecule has 0 spiro atoms. The van der Waals surface area contributed by atoms with Crippen LogP contribution in [0.2, 0.25) is 10.0 Å². The van der Waals surface area contributed by atoms with Gasteiger partial charge in [-0.2, -0.15) is 24.1 Å². The van der Waals surface area contributed by atoms with Crippen LogP contribution in [0.15, 0.2) is 12.1 Å². The van der Waals surface area contributed by atoms with E-state index in [1.807, 2.05) is 23.3 Å². The number of ether oxygens (including phenoxy) is 1. The number of aryl methyl sites for hydroxylation is 4. The Morgan fingerprint density at radius 1 is 0.868 bits per heavy atom. The molecule has 38 heavy (non-hydrogen) atoms. The maximum absolute atomic E-state index is 13.9. The first-order chi connectivity index (χ1) is 17.7. The van der Waals surface area contributed by atoms with Crippen molar-refractivity contribution < 1.29 is 17.9 Å². The number of nitrogens with zero attached hydrogens (tertiary/aromatic N) is 6. The van der Waals surface area contributed by atoms with Gasteiger partial charge in [-0.15, -0.1) is 0 Å². The lowest BCUT2D eigenvalue weighted by Crippen LogP contribution is -2.06. The minimum Gasteiger partial charge on any atom is -0.416 e. The van der Waals surface area contributed by atoms with E-state index >= 15 is 0 Å². The minimum atomic E-state index is -3.05. The van der Waals surface area contributed by atoms with E-state index in [1.165, 1.54) is 35.6 Å². The van der Waals surface area contributed by atoms with E-state index in [2.05, 4.69) is 85.0 Å². The summed E-state index contributed by atoms with van der Waals surface area (Å²) in [5.74, 6) is -0.0402. The van der Waals surface area contributed by atoms with E-state index in [4.69, 9.17) is 23.2 Å². The predicted molar refractivity (Wildman–Crippen MR) is 162 cm³/mol. The lowest BCUT2D eigenvalue weighted by molar-refractivity contribution is -0.0552. The van der Waals surface area contributed by atoms with Crippen LogP contribution in [-0.4, -0.2) is 36.0 Å². The fraction of sp³-hybridized carbons (Fsp3) is 0.375. The molecule has 0 N–H and O–H groups in total. The first-order valence-electron chi connectivity index (χ1n) is 11.1. The topological polar surface area (TPSA) is 62.7 Å². The number of hydrogen-bond donors (Lipinski definition) is 0. The molecular formula is C24H27Cl2F3I2N6O. The Morgan fingerprint density at radius 2 is 1.47 bits per heavy atom. The molecule has 0 aliphatic rings. The molecule has 0 radical (unpaired) electrons. The molecule has 1 aromatic carbocycles. The molecule has 0 amide bonds. The van der Waals surface area contributed by atoms with E-state index < -0.39 is 12.4 Å². The van der Waals surface area contributed by atoms with Crippen molar-refractivity contribution in [3.63, 3.8) is 0 Å². The van der Waals surface area contributed by atoms with Gasteiger partial charge < -0.3 is 4.74 Å². The maximum atomic E-state index is 13.9. The number of hydrogen-bond acceptors (Lipinski definition) is 4. The van der Waals surface area contributed by atoms with Gasteiger partial charge in [-0.1, -0.05) is 23.2 Å². The number of alkyl halides is 2. The molecule has 0 saturated heterocycles. The van der Waals surface area contributed by atoms with Crippen molar-refractivity contribution in [1.29, 1.82) is 0 Å². The van der Waals surface area contributed by atoms with Crippen molar-refractivity contribution in [2.45, 2.75) is 48.2 Å². The summed E-state index contributed by atoms with van der Waals surface area (Å²) >= 11 is 16.0. The number of aromatic nitrogens is 6. The van der Waals surface area contributed by atoms with Crippen molar-refractivity contribution in [1.82, 2.24) is 29.3 Å². The third-order valence-electron chi connectivity index (χ3n) is 6.11. The second-order valence-electron chi connectivity index (χ2n) is 8.42. The van der Waals surface area contributed by atoms with Crippen molar-refractivity contribution in [2.75, 3.05) is 0 Å². The van der Waals surface area contributed by atoms with Crippen LogP contribution >= 0.6 is 60.4 Å². The Kier molecular flexibility index (Phi) is 11.8. The summed E-state index contributed by atoms with van der Waals surface area (Å²) in [6.07, 6.45) is 0. The summed E-state index contributed by atoms with van der Waals surface area (Å²) in [5, 5.41) is 13.0. The van der Waals surface area contributed by atoms with Crippen LogP contribution in [0.4, 0.5) is 13.2 Å². The van der Waals surface area contributed by atoms with Gasteiger partial charge >= 0.3 is 6.61 Å². The first kappa shape index (κ1) is 32.7. The second-order valence-corrected chi connectivity index (χ2v) is 9.20. The van der Waals surface area contributed by atoms with Gasteiger partial charge in [-0.3, -0.25) is 4.68 Å². The molecule has 0 unspecified atom stereocenters. The highest BCUT2D eigenvalue weighted by molar-refractivity contribution is 15.0. The van der Waals surface area contributed by atoms with E-state index in [-0.39, 0.29) is 27.2 Å². The van der Waals surface area contributed by atoms with Crippen LogP contribution in [0.5, 0.6) is 5.88 Å². The summed E-state index contributed by atoms with van der Waals surface area (Å²) in [6.45, 7) is 9.00. The SMILES string of the molecule is Cc1cc(-c2nn(C)c(OC(F)F)c2Cl)c(F)cc1Cl.Cc1nn(-c2nn(C)c(C)c2C)c(C)c1C.II. The fourth-order valence-corrected chi connectivity index (χ4v) is 3.99. The Hall–Kier alpha value is -1.52. The van der Waals surface area contributed by atoms with Gasteiger partial charge in [0.15, 0.2) is 5.82 Å². The molecule has 0 atom stereocenters. The largest absolute Gasteiger partial charge is 0.416 e. The zero-order valence-electron chi connectivity index (χ0n) is 22.0. The molecule has 3 heterocycles. The van der Waals surface area contributed by atoms with Gasteiger partial charge in [0, 0.05) is 78.9 Å². The Labute approximate surface area is 252 Å². The summed E-state index contributed by atoms with van der Waals surface area (Å²) in [4.78, 5) is 0. The summed E-state index contributed by atoms with van der Waals surface area (Å²) < 4.78 is 47.6. The molecule has 7 nitrogen and oxygen atoms in total. The Balaban J connectivity index is 0.000000256. The van der Waals surface area contributed by atoms with E-state index in [0.29, 0.717) is 5.56 Å². The molecule has 14 heteroatoms. The van der Waals surface area contributed by atoms with Gasteiger partial charge in [0.1, 0.15) is 16.5 Å². The Morgan fingerprint density at radius 3 is 1.95 bits per heavy atom. The van der Waals surface area contributed by atoms with Crippen molar-refractivity contribution in [2.24, 2.45) is 14.1 Å². The van der Waals surface area contributed by atoms with E-state index in [0.717, 1.165) is 22.3 Å². The van der Waals surface area contributed by atoms with Gasteiger partial charge in [-0.25, -0.2) is 13.8 Å². The van der Waals surface area contributed by atoms with Gasteiger partial charge in [0.25, 0.3) is 0 Å². The third kappa shape index (κ3) is 6.97. The molecule has 0 bridgehead atoms. The first-order valence-corrected chi connectivity index (χ1v) is 18.1. The normalized spacial score (nSPS) is 10.7. The molecule has 4 rings (SSSR count). The van der Waals surface area contributed by atoms with Crippen LogP contribution in [0.3, 0.4) is 0 Å². The van der Waals surface area contributed by atoms with Crippen LogP contribution in [0.1, 0.15) is 33.8 Å². The van der Waals surface area contributed by atoms with Crippen LogP contribution in [0.25, 0.3) is 17.1 Å². The lowest BCUT2D eigenvalue weighted by atomic mass is 10.1. The second kappa shape index (κ2) is 13.7. The molecule has 0 aliphatic heterocycles. The van der Waals surface area contributed by atoms with Crippen LogP contribution in [-0.2, 0) is 14.1 Å². The van der Waals surface area contributed by atoms with Crippen LogP contribution < -0.4 is 4.74 Å². The van der Waals surface area contributed by atoms with Crippen molar-refractivity contribution in [3.8, 4) is 23.0 Å². The Bertz CT molecular complexity index is 1390. The van der Waals surface area contributed by atoms with E-state index in [1.54, 1.807) is 6.92 Å². The molecule has 0 fully saturated rings. The average Bonchev–Trinajstić information content (AvgIpc) is 3.39. The highest BCUT2D eigenvalue weighted by atomic mass is 128. The lowest BCUT2D eigenvalue weighted by Gasteiger charge is -2.05. The highest BCUT2D eigenvalue weighted by Gasteiger charge is 2.23. The molecule has 4 aromatic rings. The van der Waals surface area contributed by atoms with Gasteiger partial charge in [-0.05, 0) is 64.8 Å². The quantitative estimate of drug-likeness (QED) is 0.195. The zero-order valence-corrected chi connectivity index (χ0v) is 27.8. The zero-order chi connectivity index (χ0) is 29.1. The fourth-order valence-electron chi connectivity index (χ4n) is 3.53. The summed E-state index contributed by atoms with van der Waals surface area (Å²) in [7, 11) is 3.33. The smallest absolute Gasteiger partial charge is 0.388 e. The maximum Gasteiger partial charge on any atom is 0.388 e. The standard InChI is InChI=1S/C12H9Cl2F3N2O.C12H18N4.I2/c1-5-3-6(8(15)4-7(5)13)10-9(14)11(19(2)18-10)20-12(16)17;1-7-9(3)13-16(11(7)5)12-8(2)10(4)15(6)14-12;1-2/h3-4,12H,1-2H3;1-6H3;. The summed E-state index contributed by atoms with van der Waals surface area (Å²) in [6, 6.07) is 2.56. The van der Waals surface area contributed by atoms with Gasteiger partial charge in [0.05, 0.1) is 5.69 Å². The van der Waals surface area contributed by atoms with Gasteiger partial charge in [0.2, 0.25) is 5.88 Å². The highest BCUT2D eigenvalue weighted by Crippen LogP contribution is 2.37. The third-order valence-corrected chi connectivity index (χ3v) is 6.85. The van der Waals surface area contributed by atoms with E-state index in [9.17, 15) is 13.2 Å². The monoisotopic (exact) mass is 796 g/mol. The summed E-state index contributed by atoms with van der Waals surface area (Å²) in [5.41, 5.74) is 6.54. The minimum absolute atomic E-state index is 0.0158. The molecule has 0 aliphatic carbocycles. The molecule has 208 valence electrons. The predicted octanol–water partition coefficient (Wildman–Crippen LogP) is 8.36. The number of benzene rings is 1. The number of halogens is 7. The molecular weight excluding hydrogens is 770 g/mol. The number of rotatable bonds is 4. The molecule has 0 saturated carbocycles. The van der Waals surface area contributed by atoms with Crippen molar-refractivity contribution in [3.05, 3.63) is 61.8 Å².